The van der Waals surface area contributed by atoms with Crippen molar-refractivity contribution in [3.05, 3.63) is 18.5 Å². The van der Waals surface area contributed by atoms with E-state index in [1.807, 2.05) is 18.0 Å². The van der Waals surface area contributed by atoms with Crippen LogP contribution in [0.4, 0.5) is 5.69 Å². The Hall–Kier alpha value is -1.58. The third kappa shape index (κ3) is 1.32. The fourth-order valence-corrected chi connectivity index (χ4v) is 1.60. The maximum absolute atomic E-state index is 11.3. The lowest BCUT2D eigenvalue weighted by Crippen LogP contribution is -2.45. The zero-order valence-corrected chi connectivity index (χ0v) is 8.23. The first-order valence-electron chi connectivity index (χ1n) is 4.50. The summed E-state index contributed by atoms with van der Waals surface area (Å²) < 4.78 is 5.47. The monoisotopic (exact) mass is 192 g/mol. The fraction of sp³-hybridized carbons (Fsp3) is 0.400. The van der Waals surface area contributed by atoms with Crippen molar-refractivity contribution in [1.29, 1.82) is 0 Å². The predicted molar refractivity (Wildman–Crippen MR) is 52.6 cm³/mol. The molecule has 74 valence electrons. The Morgan fingerprint density at radius 2 is 2.50 bits per heavy atom. The molecule has 1 atom stereocenters. The molecular weight excluding hydrogens is 180 g/mol. The van der Waals surface area contributed by atoms with E-state index in [0.717, 1.165) is 11.4 Å². The molecule has 0 radical (unpaired) electrons. The average Bonchev–Trinajstić information content (AvgIpc) is 2.18. The molecule has 0 aliphatic carbocycles. The normalized spacial score (nSPS) is 19.9. The Bertz CT molecular complexity index is 365. The molecule has 0 saturated heterocycles. The number of Topliss-reactive ketones (excluding diaryl/α,β-unsaturated/α-hetero) is 1. The van der Waals surface area contributed by atoms with E-state index in [1.54, 1.807) is 19.3 Å². The van der Waals surface area contributed by atoms with Gasteiger partial charge in [-0.1, -0.05) is 0 Å². The molecule has 0 amide bonds. The van der Waals surface area contributed by atoms with Crippen LogP contribution in [0.3, 0.4) is 0 Å². The van der Waals surface area contributed by atoms with Crippen molar-refractivity contribution in [2.75, 3.05) is 18.6 Å². The van der Waals surface area contributed by atoms with Crippen LogP contribution >= 0.6 is 0 Å². The van der Waals surface area contributed by atoms with Crippen LogP contribution in [0.2, 0.25) is 0 Å². The van der Waals surface area contributed by atoms with Gasteiger partial charge in [0.15, 0.2) is 5.78 Å². The minimum absolute atomic E-state index is 0.113. The summed E-state index contributed by atoms with van der Waals surface area (Å²) in [5.41, 5.74) is 0.874. The molecule has 0 saturated carbocycles. The number of nitrogens with zero attached hydrogens (tertiary/aromatic N) is 2. The van der Waals surface area contributed by atoms with Crippen molar-refractivity contribution < 1.29 is 9.53 Å². The molecule has 1 aliphatic heterocycles. The van der Waals surface area contributed by atoms with Crippen LogP contribution in [0.15, 0.2) is 18.5 Å². The maximum atomic E-state index is 11.3. The number of ether oxygens (including phenoxy) is 1. The Kier molecular flexibility index (Phi) is 2.11. The number of hydrogen-bond acceptors (Lipinski definition) is 4. The number of carbonyl (C=O) groups excluding carboxylic acids is 1. The molecule has 0 aromatic carbocycles. The second kappa shape index (κ2) is 3.29. The smallest absolute Gasteiger partial charge is 0.155 e. The first-order valence-corrected chi connectivity index (χ1v) is 4.50. The summed E-state index contributed by atoms with van der Waals surface area (Å²) in [5.74, 6) is 0.905. The predicted octanol–water partition coefficient (Wildman–Crippen LogP) is 0.868. The van der Waals surface area contributed by atoms with Gasteiger partial charge in [-0.2, -0.15) is 0 Å². The van der Waals surface area contributed by atoms with Crippen molar-refractivity contribution in [1.82, 2.24) is 4.98 Å². The molecule has 4 heteroatoms. The summed E-state index contributed by atoms with van der Waals surface area (Å²) in [7, 11) is 1.88. The number of anilines is 1. The maximum Gasteiger partial charge on any atom is 0.155 e. The van der Waals surface area contributed by atoms with Gasteiger partial charge in [0.05, 0.1) is 11.9 Å². The topological polar surface area (TPSA) is 42.4 Å². The molecule has 2 rings (SSSR count). The van der Waals surface area contributed by atoms with Crippen LogP contribution in [0.5, 0.6) is 5.75 Å². The van der Waals surface area contributed by atoms with Crippen LogP contribution in [0, 0.1) is 0 Å². The summed E-state index contributed by atoms with van der Waals surface area (Å²) >= 11 is 0. The van der Waals surface area contributed by atoms with E-state index in [2.05, 4.69) is 4.98 Å². The molecule has 2 heterocycles. The number of pyridine rings is 1. The van der Waals surface area contributed by atoms with Crippen molar-refractivity contribution in [3.63, 3.8) is 0 Å². The van der Waals surface area contributed by atoms with Crippen LogP contribution in [-0.4, -0.2) is 30.5 Å². The average molecular weight is 192 g/mol. The van der Waals surface area contributed by atoms with Crippen molar-refractivity contribution in [2.45, 2.75) is 13.0 Å². The van der Waals surface area contributed by atoms with Gasteiger partial charge in [0.1, 0.15) is 18.4 Å². The van der Waals surface area contributed by atoms with Crippen LogP contribution in [0.25, 0.3) is 0 Å². The number of likely N-dealkylation sites (N-methyl/N-ethyl adjacent to an activating group) is 1. The van der Waals surface area contributed by atoms with E-state index in [0.29, 0.717) is 6.61 Å². The summed E-state index contributed by atoms with van der Waals surface area (Å²) in [6, 6.07) is 1.62. The molecule has 1 aromatic heterocycles. The van der Waals surface area contributed by atoms with Gasteiger partial charge in [0.2, 0.25) is 0 Å². The van der Waals surface area contributed by atoms with Crippen LogP contribution in [-0.2, 0) is 4.79 Å². The van der Waals surface area contributed by atoms with Gasteiger partial charge >= 0.3 is 0 Å². The quantitative estimate of drug-likeness (QED) is 0.662. The molecule has 4 nitrogen and oxygen atoms in total. The third-order valence-corrected chi connectivity index (χ3v) is 2.47. The fourth-order valence-electron chi connectivity index (χ4n) is 1.60. The highest BCUT2D eigenvalue weighted by atomic mass is 16.5. The first-order chi connectivity index (χ1) is 6.70. The Morgan fingerprint density at radius 3 is 3.21 bits per heavy atom. The zero-order chi connectivity index (χ0) is 10.1. The summed E-state index contributed by atoms with van der Waals surface area (Å²) in [6.07, 6.45) is 3.39. The van der Waals surface area contributed by atoms with E-state index in [9.17, 15) is 4.79 Å². The molecule has 1 aromatic rings. The van der Waals surface area contributed by atoms with Crippen molar-refractivity contribution >= 4 is 11.5 Å². The molecule has 0 fully saturated rings. The van der Waals surface area contributed by atoms with Gasteiger partial charge in [0.25, 0.3) is 0 Å². The lowest BCUT2D eigenvalue weighted by molar-refractivity contribution is -0.119. The lowest BCUT2D eigenvalue weighted by atomic mass is 10.1. The standard InChI is InChI=1S/C10H12N2O2/c1-7(13)9-6-14-10-3-4-11-5-8(10)12(9)2/h3-5,9H,6H2,1-2H3. The van der Waals surface area contributed by atoms with Gasteiger partial charge < -0.3 is 9.64 Å². The van der Waals surface area contributed by atoms with E-state index in [-0.39, 0.29) is 11.8 Å². The zero-order valence-electron chi connectivity index (χ0n) is 8.23. The van der Waals surface area contributed by atoms with Gasteiger partial charge in [-0.3, -0.25) is 9.78 Å². The van der Waals surface area contributed by atoms with E-state index in [4.69, 9.17) is 4.74 Å². The largest absolute Gasteiger partial charge is 0.489 e. The number of carbonyl (C=O) groups is 1. The summed E-state index contributed by atoms with van der Waals surface area (Å²) in [4.78, 5) is 17.2. The molecule has 1 aliphatic rings. The Labute approximate surface area is 82.5 Å². The highest BCUT2D eigenvalue weighted by Crippen LogP contribution is 2.31. The minimum atomic E-state index is -0.188. The molecule has 14 heavy (non-hydrogen) atoms. The van der Waals surface area contributed by atoms with Gasteiger partial charge in [-0.25, -0.2) is 0 Å². The molecule has 1 unspecified atom stereocenters. The SMILES string of the molecule is CC(=O)C1COc2ccncc2N1C. The Balaban J connectivity index is 2.36. The van der Waals surface area contributed by atoms with Gasteiger partial charge in [-0.15, -0.1) is 0 Å². The number of aromatic nitrogens is 1. The molecule has 0 bridgehead atoms. The third-order valence-electron chi connectivity index (χ3n) is 2.47. The van der Waals surface area contributed by atoms with Crippen LogP contribution < -0.4 is 9.64 Å². The molecule has 0 N–H and O–H groups in total. The second-order valence-corrected chi connectivity index (χ2v) is 3.39. The number of ketones is 1. The highest BCUT2D eigenvalue weighted by molar-refractivity contribution is 5.86. The number of rotatable bonds is 1. The highest BCUT2D eigenvalue weighted by Gasteiger charge is 2.27. The second-order valence-electron chi connectivity index (χ2n) is 3.39. The van der Waals surface area contributed by atoms with Crippen LogP contribution in [0.1, 0.15) is 6.92 Å². The molecular formula is C10H12N2O2. The summed E-state index contributed by atoms with van der Waals surface area (Å²) in [5, 5.41) is 0. The van der Waals surface area contributed by atoms with Gasteiger partial charge in [0, 0.05) is 19.3 Å². The number of hydrogen-bond donors (Lipinski definition) is 0. The molecule has 0 spiro atoms. The Morgan fingerprint density at radius 1 is 1.71 bits per heavy atom. The minimum Gasteiger partial charge on any atom is -0.489 e. The lowest BCUT2D eigenvalue weighted by Gasteiger charge is -2.33. The number of fused-ring (bicyclic) bond motifs is 1. The van der Waals surface area contributed by atoms with Gasteiger partial charge in [-0.05, 0) is 6.92 Å². The van der Waals surface area contributed by atoms with E-state index in [1.165, 1.54) is 0 Å². The first kappa shape index (κ1) is 8.99. The van der Waals surface area contributed by atoms with Crippen molar-refractivity contribution in [2.24, 2.45) is 0 Å². The van der Waals surface area contributed by atoms with E-state index >= 15 is 0 Å². The van der Waals surface area contributed by atoms with E-state index < -0.39 is 0 Å². The van der Waals surface area contributed by atoms with Crippen molar-refractivity contribution in [3.8, 4) is 5.75 Å². The summed E-state index contributed by atoms with van der Waals surface area (Å²) in [6.45, 7) is 1.99.